The van der Waals surface area contributed by atoms with E-state index in [0.29, 0.717) is 18.0 Å². The lowest BCUT2D eigenvalue weighted by Crippen LogP contribution is -2.29. The number of rotatable bonds is 3. The van der Waals surface area contributed by atoms with Gasteiger partial charge in [-0.05, 0) is 31.0 Å². The fourth-order valence-corrected chi connectivity index (χ4v) is 4.87. The number of halogens is 1. The van der Waals surface area contributed by atoms with Crippen molar-refractivity contribution >= 4 is 26.0 Å². The van der Waals surface area contributed by atoms with Crippen LogP contribution >= 0.6 is 15.9 Å². The van der Waals surface area contributed by atoms with Crippen molar-refractivity contribution < 1.29 is 8.42 Å². The molecule has 1 unspecified atom stereocenters. The van der Waals surface area contributed by atoms with Gasteiger partial charge in [-0.3, -0.25) is 0 Å². The van der Waals surface area contributed by atoms with E-state index >= 15 is 0 Å². The van der Waals surface area contributed by atoms with Gasteiger partial charge in [0.25, 0.3) is 0 Å². The monoisotopic (exact) mass is 383 g/mol. The van der Waals surface area contributed by atoms with Crippen LogP contribution < -0.4 is 0 Å². The van der Waals surface area contributed by atoms with Gasteiger partial charge in [-0.25, -0.2) is 13.4 Å². The molecule has 22 heavy (non-hydrogen) atoms. The molecule has 1 aliphatic heterocycles. The Morgan fingerprint density at radius 1 is 1.36 bits per heavy atom. The maximum absolute atomic E-state index is 12.8. The Morgan fingerprint density at radius 3 is 2.77 bits per heavy atom. The van der Waals surface area contributed by atoms with E-state index in [-0.39, 0.29) is 5.92 Å². The molecule has 1 aromatic heterocycles. The molecule has 0 bridgehead atoms. The highest BCUT2D eigenvalue weighted by Crippen LogP contribution is 2.31. The molecule has 0 aliphatic carbocycles. The van der Waals surface area contributed by atoms with E-state index in [2.05, 4.69) is 20.9 Å². The molecule has 1 fully saturated rings. The minimum absolute atomic E-state index is 0.156. The van der Waals surface area contributed by atoms with Crippen LogP contribution in [0.25, 0.3) is 0 Å². The van der Waals surface area contributed by atoms with Gasteiger partial charge in [-0.1, -0.05) is 22.0 Å². The Kier molecular flexibility index (Phi) is 4.13. The molecule has 0 spiro atoms. The fourth-order valence-electron chi connectivity index (χ4n) is 2.81. The summed E-state index contributed by atoms with van der Waals surface area (Å²) in [5.74, 6) is 1.10. The van der Waals surface area contributed by atoms with E-state index in [4.69, 9.17) is 0 Å². The summed E-state index contributed by atoms with van der Waals surface area (Å²) >= 11 is 3.40. The molecule has 118 valence electrons. The van der Waals surface area contributed by atoms with E-state index in [0.717, 1.165) is 22.3 Å². The normalized spacial score (nSPS) is 19.7. The van der Waals surface area contributed by atoms with Crippen molar-refractivity contribution in [2.24, 2.45) is 7.05 Å². The maximum atomic E-state index is 12.8. The third-order valence-electron chi connectivity index (χ3n) is 4.16. The third kappa shape index (κ3) is 2.73. The number of sulfonamides is 1. The summed E-state index contributed by atoms with van der Waals surface area (Å²) in [4.78, 5) is 4.69. The second-order valence-corrected chi connectivity index (χ2v) is 8.45. The van der Waals surface area contributed by atoms with E-state index in [1.165, 1.54) is 0 Å². The highest BCUT2D eigenvalue weighted by Gasteiger charge is 2.34. The number of aryl methyl sites for hydroxylation is 2. The number of imidazole rings is 1. The lowest BCUT2D eigenvalue weighted by Gasteiger charge is -2.17. The standard InChI is InChI=1S/C15H18BrN3O2S/c1-11-3-4-13(9-14(11)16)22(20,21)19-7-5-12(10-19)15-17-6-8-18(15)2/h3-4,6,8-9,12H,5,7,10H2,1-2H3. The van der Waals surface area contributed by atoms with E-state index in [1.54, 1.807) is 22.6 Å². The van der Waals surface area contributed by atoms with Crippen LogP contribution in [0.2, 0.25) is 0 Å². The zero-order valence-corrected chi connectivity index (χ0v) is 14.9. The van der Waals surface area contributed by atoms with Crippen LogP contribution in [0.5, 0.6) is 0 Å². The smallest absolute Gasteiger partial charge is 0.243 e. The Labute approximate surface area is 139 Å². The van der Waals surface area contributed by atoms with Gasteiger partial charge in [0.15, 0.2) is 0 Å². The molecule has 1 saturated heterocycles. The number of hydrogen-bond donors (Lipinski definition) is 0. The predicted molar refractivity (Wildman–Crippen MR) is 88.2 cm³/mol. The molecule has 1 aliphatic rings. The first-order valence-electron chi connectivity index (χ1n) is 7.13. The lowest BCUT2D eigenvalue weighted by atomic mass is 10.1. The highest BCUT2D eigenvalue weighted by atomic mass is 79.9. The second kappa shape index (κ2) is 5.79. The van der Waals surface area contributed by atoms with Crippen molar-refractivity contribution in [1.29, 1.82) is 0 Å². The van der Waals surface area contributed by atoms with Crippen LogP contribution in [-0.4, -0.2) is 35.4 Å². The molecule has 2 aromatic rings. The quantitative estimate of drug-likeness (QED) is 0.818. The summed E-state index contributed by atoms with van der Waals surface area (Å²) in [5, 5.41) is 0. The fraction of sp³-hybridized carbons (Fsp3) is 0.400. The summed E-state index contributed by atoms with van der Waals surface area (Å²) in [6.07, 6.45) is 4.45. The van der Waals surface area contributed by atoms with Crippen LogP contribution in [0.3, 0.4) is 0 Å². The SMILES string of the molecule is Cc1ccc(S(=O)(=O)N2CCC(c3nccn3C)C2)cc1Br. The molecule has 5 nitrogen and oxygen atoms in total. The minimum atomic E-state index is -3.45. The van der Waals surface area contributed by atoms with Crippen LogP contribution in [-0.2, 0) is 17.1 Å². The zero-order chi connectivity index (χ0) is 15.9. The van der Waals surface area contributed by atoms with Gasteiger partial charge < -0.3 is 4.57 Å². The number of hydrogen-bond acceptors (Lipinski definition) is 3. The second-order valence-electron chi connectivity index (χ2n) is 5.66. The first-order valence-corrected chi connectivity index (χ1v) is 9.36. The third-order valence-corrected chi connectivity index (χ3v) is 6.87. The largest absolute Gasteiger partial charge is 0.338 e. The van der Waals surface area contributed by atoms with E-state index < -0.39 is 10.0 Å². The van der Waals surface area contributed by atoms with E-state index in [1.807, 2.05) is 30.8 Å². The Hall–Kier alpha value is -1.18. The first kappa shape index (κ1) is 15.7. The van der Waals surface area contributed by atoms with Crippen molar-refractivity contribution in [2.75, 3.05) is 13.1 Å². The minimum Gasteiger partial charge on any atom is -0.338 e. The topological polar surface area (TPSA) is 55.2 Å². The average Bonchev–Trinajstić information content (AvgIpc) is 3.10. The summed E-state index contributed by atoms with van der Waals surface area (Å²) in [7, 11) is -1.51. The summed E-state index contributed by atoms with van der Waals surface area (Å²) in [6, 6.07) is 5.17. The van der Waals surface area contributed by atoms with Gasteiger partial charge >= 0.3 is 0 Å². The van der Waals surface area contributed by atoms with Crippen molar-refractivity contribution in [3.05, 3.63) is 46.5 Å². The van der Waals surface area contributed by atoms with Crippen molar-refractivity contribution in [1.82, 2.24) is 13.9 Å². The Balaban J connectivity index is 1.85. The molecule has 1 aromatic carbocycles. The molecule has 2 heterocycles. The van der Waals surface area contributed by atoms with Gasteiger partial charge in [0.2, 0.25) is 10.0 Å². The van der Waals surface area contributed by atoms with Gasteiger partial charge in [-0.15, -0.1) is 0 Å². The number of aromatic nitrogens is 2. The summed E-state index contributed by atoms with van der Waals surface area (Å²) in [6.45, 7) is 2.96. The molecular formula is C15H18BrN3O2S. The van der Waals surface area contributed by atoms with Crippen molar-refractivity contribution in [2.45, 2.75) is 24.2 Å². The Bertz CT molecular complexity index is 801. The number of nitrogens with zero attached hydrogens (tertiary/aromatic N) is 3. The number of benzene rings is 1. The van der Waals surface area contributed by atoms with Crippen LogP contribution in [0.1, 0.15) is 23.7 Å². The Morgan fingerprint density at radius 2 is 2.14 bits per heavy atom. The molecule has 7 heteroatoms. The summed E-state index contributed by atoms with van der Waals surface area (Å²) < 4.78 is 29.9. The molecule has 0 saturated carbocycles. The van der Waals surface area contributed by atoms with E-state index in [9.17, 15) is 8.42 Å². The lowest BCUT2D eigenvalue weighted by molar-refractivity contribution is 0.470. The molecule has 1 atom stereocenters. The molecular weight excluding hydrogens is 366 g/mol. The average molecular weight is 384 g/mol. The molecule has 0 radical (unpaired) electrons. The van der Waals surface area contributed by atoms with Gasteiger partial charge in [0, 0.05) is 42.9 Å². The zero-order valence-electron chi connectivity index (χ0n) is 12.5. The first-order chi connectivity index (χ1) is 10.4. The van der Waals surface area contributed by atoms with Crippen molar-refractivity contribution in [3.8, 4) is 0 Å². The summed E-state index contributed by atoms with van der Waals surface area (Å²) in [5.41, 5.74) is 1.02. The van der Waals surface area contributed by atoms with Gasteiger partial charge in [0.05, 0.1) is 4.90 Å². The van der Waals surface area contributed by atoms with Gasteiger partial charge in [-0.2, -0.15) is 4.31 Å². The molecule has 0 amide bonds. The van der Waals surface area contributed by atoms with Gasteiger partial charge in [0.1, 0.15) is 5.82 Å². The van der Waals surface area contributed by atoms with Crippen molar-refractivity contribution in [3.63, 3.8) is 0 Å². The highest BCUT2D eigenvalue weighted by molar-refractivity contribution is 9.10. The molecule has 0 N–H and O–H groups in total. The maximum Gasteiger partial charge on any atom is 0.243 e. The van der Waals surface area contributed by atoms with Crippen LogP contribution in [0.15, 0.2) is 40.0 Å². The van der Waals surface area contributed by atoms with Crippen LogP contribution in [0.4, 0.5) is 0 Å². The predicted octanol–water partition coefficient (Wildman–Crippen LogP) is 2.67. The van der Waals surface area contributed by atoms with Crippen LogP contribution in [0, 0.1) is 6.92 Å². The molecule has 3 rings (SSSR count).